The monoisotopic (exact) mass is 286 g/mol. The first kappa shape index (κ1) is 16.4. The normalized spacial score (nSPS) is 11.5. The molecule has 108 valence electrons. The van der Waals surface area contributed by atoms with Gasteiger partial charge in [-0.15, -0.1) is 0 Å². The van der Waals surface area contributed by atoms with Crippen molar-refractivity contribution in [2.45, 2.75) is 39.3 Å². The minimum atomic E-state index is -0.287. The van der Waals surface area contributed by atoms with Crippen molar-refractivity contribution in [1.82, 2.24) is 10.2 Å². The van der Waals surface area contributed by atoms with Crippen LogP contribution in [0.1, 0.15) is 32.3 Å². The molecule has 0 unspecified atom stereocenters. The second-order valence-corrected chi connectivity index (χ2v) is 5.60. The summed E-state index contributed by atoms with van der Waals surface area (Å²) in [6.07, 6.45) is 2.31. The minimum absolute atomic E-state index is 0.287. The molecule has 0 aliphatic rings. The van der Waals surface area contributed by atoms with Crippen LogP contribution in [0.25, 0.3) is 0 Å². The third-order valence-corrected chi connectivity index (χ3v) is 3.68. The summed E-state index contributed by atoms with van der Waals surface area (Å²) in [5.41, 5.74) is 0.947. The number of halogens is 2. The van der Waals surface area contributed by atoms with Crippen LogP contribution in [0, 0.1) is 5.82 Å². The minimum Gasteiger partial charge on any atom is -0.313 e. The van der Waals surface area contributed by atoms with E-state index in [1.54, 1.807) is 6.07 Å². The lowest BCUT2D eigenvalue weighted by atomic mass is 10.2. The summed E-state index contributed by atoms with van der Waals surface area (Å²) in [5.74, 6) is -0.287. The lowest BCUT2D eigenvalue weighted by Gasteiger charge is -2.20. The van der Waals surface area contributed by atoms with Crippen molar-refractivity contribution in [2.24, 2.45) is 0 Å². The van der Waals surface area contributed by atoms with Crippen LogP contribution in [0.2, 0.25) is 5.02 Å². The maximum Gasteiger partial charge on any atom is 0.124 e. The van der Waals surface area contributed by atoms with E-state index >= 15 is 0 Å². The van der Waals surface area contributed by atoms with Crippen LogP contribution in [-0.4, -0.2) is 31.1 Å². The molecule has 0 aliphatic carbocycles. The van der Waals surface area contributed by atoms with Gasteiger partial charge >= 0.3 is 0 Å². The first-order valence-electron chi connectivity index (χ1n) is 6.85. The van der Waals surface area contributed by atoms with E-state index in [1.807, 2.05) is 0 Å². The van der Waals surface area contributed by atoms with E-state index in [9.17, 15) is 4.39 Å². The van der Waals surface area contributed by atoms with E-state index < -0.39 is 0 Å². The molecule has 0 aromatic heterocycles. The Balaban J connectivity index is 2.14. The first-order chi connectivity index (χ1) is 9.00. The highest BCUT2D eigenvalue weighted by Gasteiger charge is 2.03. The molecular weight excluding hydrogens is 263 g/mol. The molecule has 0 fully saturated rings. The Bertz CT molecular complexity index is 382. The highest BCUT2D eigenvalue weighted by molar-refractivity contribution is 6.31. The quantitative estimate of drug-likeness (QED) is 0.733. The van der Waals surface area contributed by atoms with Gasteiger partial charge in [0.1, 0.15) is 5.82 Å². The predicted molar refractivity (Wildman–Crippen MR) is 80.1 cm³/mol. The molecule has 1 rings (SSSR count). The van der Waals surface area contributed by atoms with E-state index in [0.29, 0.717) is 17.6 Å². The number of nitrogens with zero attached hydrogens (tertiary/aromatic N) is 1. The molecule has 0 spiro atoms. The van der Waals surface area contributed by atoms with Crippen molar-refractivity contribution in [1.29, 1.82) is 0 Å². The molecule has 0 radical (unpaired) electrons. The summed E-state index contributed by atoms with van der Waals surface area (Å²) in [4.78, 5) is 2.34. The number of rotatable bonds is 8. The zero-order chi connectivity index (χ0) is 14.3. The Morgan fingerprint density at radius 3 is 2.68 bits per heavy atom. The zero-order valence-corrected chi connectivity index (χ0v) is 12.8. The van der Waals surface area contributed by atoms with Gasteiger partial charge in [-0.05, 0) is 64.5 Å². The second kappa shape index (κ2) is 8.51. The van der Waals surface area contributed by atoms with E-state index in [0.717, 1.165) is 25.1 Å². The molecule has 1 N–H and O–H groups in total. The van der Waals surface area contributed by atoms with Gasteiger partial charge in [0.15, 0.2) is 0 Å². The van der Waals surface area contributed by atoms with E-state index in [-0.39, 0.29) is 5.82 Å². The molecule has 0 heterocycles. The van der Waals surface area contributed by atoms with Crippen molar-refractivity contribution in [3.8, 4) is 0 Å². The van der Waals surface area contributed by atoms with Gasteiger partial charge in [0.05, 0.1) is 0 Å². The van der Waals surface area contributed by atoms with Crippen LogP contribution in [0.3, 0.4) is 0 Å². The third-order valence-electron chi connectivity index (χ3n) is 3.33. The molecule has 4 heteroatoms. The first-order valence-corrected chi connectivity index (χ1v) is 7.23. The molecular formula is C15H24ClFN2. The fraction of sp³-hybridized carbons (Fsp3) is 0.600. The van der Waals surface area contributed by atoms with Crippen LogP contribution < -0.4 is 5.32 Å². The molecule has 0 amide bonds. The summed E-state index contributed by atoms with van der Waals surface area (Å²) >= 11 is 5.96. The molecule has 0 bridgehead atoms. The highest BCUT2D eigenvalue weighted by atomic mass is 35.5. The smallest absolute Gasteiger partial charge is 0.124 e. The lowest BCUT2D eigenvalue weighted by molar-refractivity contribution is 0.268. The maximum absolute atomic E-state index is 12.9. The molecule has 2 nitrogen and oxygen atoms in total. The van der Waals surface area contributed by atoms with Gasteiger partial charge in [-0.3, -0.25) is 0 Å². The summed E-state index contributed by atoms with van der Waals surface area (Å²) in [6.45, 7) is 7.18. The van der Waals surface area contributed by atoms with Crippen LogP contribution in [0.4, 0.5) is 4.39 Å². The van der Waals surface area contributed by atoms with Gasteiger partial charge in [-0.25, -0.2) is 4.39 Å². The number of benzene rings is 1. The molecule has 0 aliphatic heterocycles. The lowest BCUT2D eigenvalue weighted by Crippen LogP contribution is -2.27. The number of nitrogens with one attached hydrogen (secondary N) is 1. The molecule has 1 aromatic rings. The average molecular weight is 287 g/mol. The largest absolute Gasteiger partial charge is 0.313 e. The Kier molecular flexibility index (Phi) is 7.36. The Morgan fingerprint density at radius 1 is 1.32 bits per heavy atom. The van der Waals surface area contributed by atoms with Crippen LogP contribution in [-0.2, 0) is 6.54 Å². The van der Waals surface area contributed by atoms with Crippen LogP contribution in [0.5, 0.6) is 0 Å². The summed E-state index contributed by atoms with van der Waals surface area (Å²) < 4.78 is 12.9. The zero-order valence-electron chi connectivity index (χ0n) is 12.0. The van der Waals surface area contributed by atoms with E-state index in [1.165, 1.54) is 18.6 Å². The predicted octanol–water partition coefficient (Wildman–Crippen LogP) is 3.69. The topological polar surface area (TPSA) is 15.3 Å². The number of hydrogen-bond acceptors (Lipinski definition) is 2. The summed E-state index contributed by atoms with van der Waals surface area (Å²) in [7, 11) is 2.15. The Labute approximate surface area is 120 Å². The molecule has 0 saturated heterocycles. The average Bonchev–Trinajstić information content (AvgIpc) is 2.35. The molecule has 0 saturated carbocycles. The van der Waals surface area contributed by atoms with Crippen molar-refractivity contribution in [2.75, 3.05) is 20.1 Å². The molecule has 19 heavy (non-hydrogen) atoms. The van der Waals surface area contributed by atoms with Gasteiger partial charge < -0.3 is 10.2 Å². The maximum atomic E-state index is 12.9. The van der Waals surface area contributed by atoms with Gasteiger partial charge in [-0.2, -0.15) is 0 Å². The standard InChI is InChI=1S/C15H24ClFN2/c1-12(2)19(3)9-5-4-8-18-11-13-6-7-14(17)10-15(13)16/h6-7,10,12,18H,4-5,8-9,11H2,1-3H3. The summed E-state index contributed by atoms with van der Waals surface area (Å²) in [5, 5.41) is 3.83. The fourth-order valence-corrected chi connectivity index (χ4v) is 1.99. The van der Waals surface area contributed by atoms with Crippen molar-refractivity contribution in [3.63, 3.8) is 0 Å². The Hall–Kier alpha value is -0.640. The van der Waals surface area contributed by atoms with Crippen molar-refractivity contribution < 1.29 is 4.39 Å². The molecule has 0 atom stereocenters. The highest BCUT2D eigenvalue weighted by Crippen LogP contribution is 2.16. The number of unbranched alkanes of at least 4 members (excludes halogenated alkanes) is 1. The van der Waals surface area contributed by atoms with Crippen LogP contribution in [0.15, 0.2) is 18.2 Å². The second-order valence-electron chi connectivity index (χ2n) is 5.19. The Morgan fingerprint density at radius 2 is 2.05 bits per heavy atom. The number of hydrogen-bond donors (Lipinski definition) is 1. The van der Waals surface area contributed by atoms with Gasteiger partial charge in [0.25, 0.3) is 0 Å². The SMILES string of the molecule is CC(C)N(C)CCCCNCc1ccc(F)cc1Cl. The fourth-order valence-electron chi connectivity index (χ4n) is 1.76. The van der Waals surface area contributed by atoms with Gasteiger partial charge in [0, 0.05) is 17.6 Å². The summed E-state index contributed by atoms with van der Waals surface area (Å²) in [6, 6.07) is 5.14. The van der Waals surface area contributed by atoms with Crippen LogP contribution >= 0.6 is 11.6 Å². The van der Waals surface area contributed by atoms with E-state index in [2.05, 4.69) is 31.1 Å². The van der Waals surface area contributed by atoms with Crippen molar-refractivity contribution in [3.05, 3.63) is 34.6 Å². The molecule has 1 aromatic carbocycles. The van der Waals surface area contributed by atoms with E-state index in [4.69, 9.17) is 11.6 Å². The van der Waals surface area contributed by atoms with Gasteiger partial charge in [-0.1, -0.05) is 17.7 Å². The van der Waals surface area contributed by atoms with Crippen molar-refractivity contribution >= 4 is 11.6 Å². The van der Waals surface area contributed by atoms with Gasteiger partial charge in [0.2, 0.25) is 0 Å². The third kappa shape index (κ3) is 6.37.